The van der Waals surface area contributed by atoms with Crippen LogP contribution < -0.4 is 4.90 Å². The minimum absolute atomic E-state index is 0.108. The first-order valence-electron chi connectivity index (χ1n) is 21.1. The third-order valence-electron chi connectivity index (χ3n) is 13.7. The summed E-state index contributed by atoms with van der Waals surface area (Å²) in [5.74, 6) is 0. The van der Waals surface area contributed by atoms with Gasteiger partial charge in [0.25, 0.3) is 0 Å². The predicted molar refractivity (Wildman–Crippen MR) is 252 cm³/mol. The number of para-hydroxylation sites is 1. The van der Waals surface area contributed by atoms with Gasteiger partial charge < -0.3 is 9.32 Å². The van der Waals surface area contributed by atoms with E-state index in [1.165, 1.54) is 72.0 Å². The first-order valence-corrected chi connectivity index (χ1v) is 21.1. The van der Waals surface area contributed by atoms with E-state index in [-0.39, 0.29) is 10.8 Å². The molecule has 2 aliphatic carbocycles. The molecule has 286 valence electrons. The first-order chi connectivity index (χ1) is 29.3. The molecule has 2 aliphatic rings. The number of furan rings is 1. The molecule has 0 bridgehead atoms. The fourth-order valence-electron chi connectivity index (χ4n) is 10.6. The molecule has 0 unspecified atom stereocenters. The van der Waals surface area contributed by atoms with Gasteiger partial charge >= 0.3 is 0 Å². The predicted octanol–water partition coefficient (Wildman–Crippen LogP) is 16.2. The molecule has 0 spiro atoms. The highest BCUT2D eigenvalue weighted by atomic mass is 16.3. The summed E-state index contributed by atoms with van der Waals surface area (Å²) >= 11 is 0. The van der Waals surface area contributed by atoms with E-state index in [1.807, 2.05) is 0 Å². The molecule has 10 aromatic rings. The van der Waals surface area contributed by atoms with Gasteiger partial charge in [-0.05, 0) is 115 Å². The van der Waals surface area contributed by atoms with Crippen LogP contribution in [0.1, 0.15) is 49.9 Å². The van der Waals surface area contributed by atoms with Crippen molar-refractivity contribution in [3.05, 3.63) is 210 Å². The second-order valence-electron chi connectivity index (χ2n) is 17.7. The zero-order valence-electron chi connectivity index (χ0n) is 34.3. The summed E-state index contributed by atoms with van der Waals surface area (Å²) in [4.78, 5) is 2.45. The van der Waals surface area contributed by atoms with Crippen molar-refractivity contribution < 1.29 is 4.42 Å². The molecular weight excluding hydrogens is 727 g/mol. The molecule has 0 saturated heterocycles. The van der Waals surface area contributed by atoms with Crippen molar-refractivity contribution in [3.8, 4) is 44.5 Å². The molecule has 0 saturated carbocycles. The summed E-state index contributed by atoms with van der Waals surface area (Å²) < 4.78 is 7.02. The van der Waals surface area contributed by atoms with Crippen molar-refractivity contribution in [2.45, 2.75) is 38.5 Å². The minimum atomic E-state index is -0.135. The Morgan fingerprint density at radius 2 is 0.950 bits per heavy atom. The van der Waals surface area contributed by atoms with Crippen molar-refractivity contribution in [3.63, 3.8) is 0 Å². The normalized spacial score (nSPS) is 14.3. The average molecular weight is 770 g/mol. The van der Waals surface area contributed by atoms with E-state index in [0.29, 0.717) is 0 Å². The lowest BCUT2D eigenvalue weighted by molar-refractivity contribution is 0.660. The second-order valence-corrected chi connectivity index (χ2v) is 17.7. The van der Waals surface area contributed by atoms with Gasteiger partial charge in [-0.3, -0.25) is 0 Å². The summed E-state index contributed by atoms with van der Waals surface area (Å²) in [6, 6.07) is 69.2. The van der Waals surface area contributed by atoms with Gasteiger partial charge in [0.1, 0.15) is 11.2 Å². The first kappa shape index (κ1) is 34.8. The quantitative estimate of drug-likeness (QED) is 0.173. The molecule has 0 amide bonds. The average Bonchev–Trinajstić information content (AvgIpc) is 3.85. The van der Waals surface area contributed by atoms with Gasteiger partial charge in [-0.15, -0.1) is 0 Å². The zero-order chi connectivity index (χ0) is 40.3. The molecule has 1 aromatic heterocycles. The molecule has 9 aromatic carbocycles. The van der Waals surface area contributed by atoms with Crippen molar-refractivity contribution in [2.75, 3.05) is 4.90 Å². The number of hydrogen-bond acceptors (Lipinski definition) is 2. The Labute approximate surface area is 351 Å². The SMILES string of the molecule is CC1(C)c2ccccc2-c2ccc(-c3c4ccccc4cc4c3oc3ccc(N(c5ccc6c(c5)C(C)(C)c5ccccc5-6)c5ccccc5-c5ccccc5)cc34)cc21. The van der Waals surface area contributed by atoms with Crippen LogP contribution in [0.5, 0.6) is 0 Å². The lowest BCUT2D eigenvalue weighted by Gasteiger charge is -2.30. The molecule has 2 nitrogen and oxygen atoms in total. The van der Waals surface area contributed by atoms with E-state index < -0.39 is 0 Å². The van der Waals surface area contributed by atoms with Gasteiger partial charge in [-0.25, -0.2) is 0 Å². The van der Waals surface area contributed by atoms with Crippen LogP contribution in [0.3, 0.4) is 0 Å². The van der Waals surface area contributed by atoms with Gasteiger partial charge in [-0.1, -0.05) is 167 Å². The number of nitrogens with zero attached hydrogens (tertiary/aromatic N) is 1. The standard InChI is InChI=1S/C58H43NO/c1-57(2)49-23-13-10-21-43(49)45-29-26-38(33-51(45)57)55-42-20-9-8-18-37(42)32-48-47-34-39(28-31-54(47)60-56(48)55)59(53-25-15-12-19-41(53)36-16-6-5-7-17-36)40-27-30-46-44-22-11-14-24-50(44)58(3,4)52(46)35-40/h5-35H,1-4H3. The van der Waals surface area contributed by atoms with Gasteiger partial charge in [0, 0.05) is 44.1 Å². The molecule has 1 heterocycles. The summed E-state index contributed by atoms with van der Waals surface area (Å²) in [6.07, 6.45) is 0. The summed E-state index contributed by atoms with van der Waals surface area (Å²) in [5.41, 5.74) is 20.3. The Bertz CT molecular complexity index is 3380. The lowest BCUT2D eigenvalue weighted by atomic mass is 9.81. The van der Waals surface area contributed by atoms with Gasteiger partial charge in [-0.2, -0.15) is 0 Å². The Morgan fingerprint density at radius 1 is 0.383 bits per heavy atom. The van der Waals surface area contributed by atoms with E-state index in [9.17, 15) is 0 Å². The molecule has 0 aliphatic heterocycles. The Kier molecular flexibility index (Phi) is 7.36. The highest BCUT2D eigenvalue weighted by Gasteiger charge is 2.37. The van der Waals surface area contributed by atoms with E-state index in [2.05, 4.69) is 221 Å². The minimum Gasteiger partial charge on any atom is -0.455 e. The maximum atomic E-state index is 7.02. The molecule has 0 radical (unpaired) electrons. The third-order valence-corrected chi connectivity index (χ3v) is 13.7. The van der Waals surface area contributed by atoms with E-state index in [1.54, 1.807) is 0 Å². The van der Waals surface area contributed by atoms with Crippen LogP contribution in [0.25, 0.3) is 77.2 Å². The Morgan fingerprint density at radius 3 is 1.70 bits per heavy atom. The molecule has 0 fully saturated rings. The van der Waals surface area contributed by atoms with Crippen LogP contribution in [0.15, 0.2) is 192 Å². The molecule has 0 atom stereocenters. The molecule has 0 N–H and O–H groups in total. The van der Waals surface area contributed by atoms with Crippen molar-refractivity contribution in [2.24, 2.45) is 0 Å². The fraction of sp³-hybridized carbons (Fsp3) is 0.103. The highest BCUT2D eigenvalue weighted by molar-refractivity contribution is 6.19. The maximum absolute atomic E-state index is 7.02. The lowest BCUT2D eigenvalue weighted by Crippen LogP contribution is -2.16. The summed E-state index contributed by atoms with van der Waals surface area (Å²) in [5, 5.41) is 4.60. The Balaban J connectivity index is 1.08. The van der Waals surface area contributed by atoms with E-state index in [4.69, 9.17) is 4.42 Å². The monoisotopic (exact) mass is 769 g/mol. The smallest absolute Gasteiger partial charge is 0.143 e. The number of anilines is 3. The topological polar surface area (TPSA) is 16.4 Å². The Hall–Kier alpha value is -7.16. The molecular formula is C58H43NO. The van der Waals surface area contributed by atoms with Crippen LogP contribution in [0, 0.1) is 0 Å². The summed E-state index contributed by atoms with van der Waals surface area (Å²) in [6.45, 7) is 9.42. The van der Waals surface area contributed by atoms with Crippen LogP contribution >= 0.6 is 0 Å². The summed E-state index contributed by atoms with van der Waals surface area (Å²) in [7, 11) is 0. The van der Waals surface area contributed by atoms with Crippen molar-refractivity contribution in [1.29, 1.82) is 0 Å². The molecule has 60 heavy (non-hydrogen) atoms. The van der Waals surface area contributed by atoms with Crippen molar-refractivity contribution in [1.82, 2.24) is 0 Å². The fourth-order valence-corrected chi connectivity index (χ4v) is 10.6. The van der Waals surface area contributed by atoms with E-state index >= 15 is 0 Å². The van der Waals surface area contributed by atoms with Crippen molar-refractivity contribution >= 4 is 49.8 Å². The van der Waals surface area contributed by atoms with E-state index in [0.717, 1.165) is 44.6 Å². The molecule has 12 rings (SSSR count). The highest BCUT2D eigenvalue weighted by Crippen LogP contribution is 2.53. The number of hydrogen-bond donors (Lipinski definition) is 0. The van der Waals surface area contributed by atoms with Crippen LogP contribution in [-0.2, 0) is 10.8 Å². The third kappa shape index (κ3) is 4.94. The van der Waals surface area contributed by atoms with Gasteiger partial charge in [0.2, 0.25) is 0 Å². The number of rotatable bonds is 5. The maximum Gasteiger partial charge on any atom is 0.143 e. The van der Waals surface area contributed by atoms with Crippen LogP contribution in [0.4, 0.5) is 17.1 Å². The van der Waals surface area contributed by atoms with Crippen LogP contribution in [-0.4, -0.2) is 0 Å². The number of fused-ring (bicyclic) bond motifs is 10. The molecule has 2 heteroatoms. The second kappa shape index (κ2) is 12.7. The van der Waals surface area contributed by atoms with Crippen LogP contribution in [0.2, 0.25) is 0 Å². The number of benzene rings is 9. The van der Waals surface area contributed by atoms with Gasteiger partial charge in [0.15, 0.2) is 0 Å². The zero-order valence-corrected chi connectivity index (χ0v) is 34.3. The largest absolute Gasteiger partial charge is 0.455 e. The van der Waals surface area contributed by atoms with Gasteiger partial charge in [0.05, 0.1) is 5.69 Å².